The molecule has 1 heterocycles. The third kappa shape index (κ3) is 4.37. The van der Waals surface area contributed by atoms with Crippen molar-refractivity contribution < 1.29 is 9.53 Å². The predicted octanol–water partition coefficient (Wildman–Crippen LogP) is 0.483. The van der Waals surface area contributed by atoms with Gasteiger partial charge in [-0.05, 0) is 12.8 Å². The molecule has 17 heavy (non-hydrogen) atoms. The van der Waals surface area contributed by atoms with E-state index in [0.29, 0.717) is 32.8 Å². The van der Waals surface area contributed by atoms with Gasteiger partial charge in [-0.2, -0.15) is 0 Å². The maximum absolute atomic E-state index is 12.3. The SMILES string of the molecule is CC#CCNC(C(=O)N1CCOCC1)C(C)C. The summed E-state index contributed by atoms with van der Waals surface area (Å²) in [7, 11) is 0. The van der Waals surface area contributed by atoms with E-state index in [4.69, 9.17) is 4.74 Å². The molecule has 1 amide bonds. The Balaban J connectivity index is 2.54. The molecule has 0 radical (unpaired) electrons. The van der Waals surface area contributed by atoms with Crippen LogP contribution in [0.1, 0.15) is 20.8 Å². The fraction of sp³-hybridized carbons (Fsp3) is 0.769. The van der Waals surface area contributed by atoms with Gasteiger partial charge in [0, 0.05) is 13.1 Å². The topological polar surface area (TPSA) is 41.6 Å². The van der Waals surface area contributed by atoms with Crippen LogP contribution in [0.15, 0.2) is 0 Å². The normalized spacial score (nSPS) is 17.5. The van der Waals surface area contributed by atoms with Crippen LogP contribution in [-0.2, 0) is 9.53 Å². The molecule has 4 nitrogen and oxygen atoms in total. The molecule has 0 aromatic rings. The first-order valence-corrected chi connectivity index (χ1v) is 6.16. The zero-order valence-corrected chi connectivity index (χ0v) is 11.0. The number of hydrogen-bond acceptors (Lipinski definition) is 3. The summed E-state index contributed by atoms with van der Waals surface area (Å²) in [6.07, 6.45) is 0. The van der Waals surface area contributed by atoms with Crippen molar-refractivity contribution in [3.8, 4) is 11.8 Å². The number of amides is 1. The molecule has 0 aliphatic carbocycles. The highest BCUT2D eigenvalue weighted by atomic mass is 16.5. The lowest BCUT2D eigenvalue weighted by atomic mass is 10.0. The maximum atomic E-state index is 12.3. The van der Waals surface area contributed by atoms with Crippen LogP contribution in [-0.4, -0.2) is 49.7 Å². The Kier molecular flexibility index (Phi) is 6.03. The first kappa shape index (κ1) is 14.0. The molecule has 1 unspecified atom stereocenters. The molecule has 1 atom stereocenters. The van der Waals surface area contributed by atoms with E-state index >= 15 is 0 Å². The highest BCUT2D eigenvalue weighted by Gasteiger charge is 2.27. The Labute approximate surface area is 104 Å². The second-order valence-electron chi connectivity index (χ2n) is 4.47. The summed E-state index contributed by atoms with van der Waals surface area (Å²) >= 11 is 0. The van der Waals surface area contributed by atoms with Gasteiger partial charge in [0.15, 0.2) is 0 Å². The van der Waals surface area contributed by atoms with Gasteiger partial charge >= 0.3 is 0 Å². The summed E-state index contributed by atoms with van der Waals surface area (Å²) in [5.41, 5.74) is 0. The summed E-state index contributed by atoms with van der Waals surface area (Å²) in [5, 5.41) is 3.21. The molecule has 1 rings (SSSR count). The van der Waals surface area contributed by atoms with E-state index in [0.717, 1.165) is 0 Å². The molecular weight excluding hydrogens is 216 g/mol. The molecule has 1 saturated heterocycles. The Bertz CT molecular complexity index is 298. The second-order valence-corrected chi connectivity index (χ2v) is 4.47. The van der Waals surface area contributed by atoms with Crippen LogP contribution in [0.25, 0.3) is 0 Å². The van der Waals surface area contributed by atoms with E-state index in [1.807, 2.05) is 4.90 Å². The Hall–Kier alpha value is -1.05. The molecule has 1 aliphatic rings. The Morgan fingerprint density at radius 1 is 1.41 bits per heavy atom. The first-order chi connectivity index (χ1) is 8.16. The molecule has 1 fully saturated rings. The molecule has 1 N–H and O–H groups in total. The number of hydrogen-bond donors (Lipinski definition) is 1. The Morgan fingerprint density at radius 3 is 2.59 bits per heavy atom. The van der Waals surface area contributed by atoms with E-state index in [-0.39, 0.29) is 17.9 Å². The predicted molar refractivity (Wildman–Crippen MR) is 67.5 cm³/mol. The number of carbonyl (C=O) groups is 1. The quantitative estimate of drug-likeness (QED) is 0.724. The zero-order chi connectivity index (χ0) is 12.7. The van der Waals surface area contributed by atoms with Crippen molar-refractivity contribution >= 4 is 5.91 Å². The lowest BCUT2D eigenvalue weighted by Gasteiger charge is -2.32. The van der Waals surface area contributed by atoms with Crippen molar-refractivity contribution in [3.63, 3.8) is 0 Å². The van der Waals surface area contributed by atoms with Crippen molar-refractivity contribution in [1.82, 2.24) is 10.2 Å². The van der Waals surface area contributed by atoms with Gasteiger partial charge in [-0.3, -0.25) is 10.1 Å². The molecule has 96 valence electrons. The summed E-state index contributed by atoms with van der Waals surface area (Å²) in [6, 6.07) is -0.144. The summed E-state index contributed by atoms with van der Waals surface area (Å²) < 4.78 is 5.25. The van der Waals surface area contributed by atoms with Crippen molar-refractivity contribution in [3.05, 3.63) is 0 Å². The number of rotatable bonds is 4. The van der Waals surface area contributed by atoms with Crippen LogP contribution in [0.4, 0.5) is 0 Å². The van der Waals surface area contributed by atoms with Gasteiger partial charge in [0.1, 0.15) is 0 Å². The average molecular weight is 238 g/mol. The molecule has 1 aliphatic heterocycles. The molecule has 0 spiro atoms. The van der Waals surface area contributed by atoms with Gasteiger partial charge in [-0.15, -0.1) is 5.92 Å². The number of morpholine rings is 1. The molecule has 4 heteroatoms. The summed E-state index contributed by atoms with van der Waals surface area (Å²) in [5.74, 6) is 6.19. The highest BCUT2D eigenvalue weighted by molar-refractivity contribution is 5.82. The van der Waals surface area contributed by atoms with Gasteiger partial charge in [0.2, 0.25) is 5.91 Å². The average Bonchev–Trinajstić information content (AvgIpc) is 2.34. The lowest BCUT2D eigenvalue weighted by molar-refractivity contribution is -0.138. The molecule has 0 bridgehead atoms. The second kappa shape index (κ2) is 7.31. The van der Waals surface area contributed by atoms with Crippen LogP contribution in [0.3, 0.4) is 0 Å². The number of nitrogens with one attached hydrogen (secondary N) is 1. The molecule has 0 aromatic heterocycles. The third-order valence-corrected chi connectivity index (χ3v) is 2.84. The number of nitrogens with zero attached hydrogens (tertiary/aromatic N) is 1. The maximum Gasteiger partial charge on any atom is 0.240 e. The monoisotopic (exact) mass is 238 g/mol. The fourth-order valence-electron chi connectivity index (χ4n) is 1.84. The van der Waals surface area contributed by atoms with Gasteiger partial charge in [0.05, 0.1) is 25.8 Å². The van der Waals surface area contributed by atoms with Gasteiger partial charge in [-0.25, -0.2) is 0 Å². The minimum absolute atomic E-state index is 0.144. The van der Waals surface area contributed by atoms with E-state index < -0.39 is 0 Å². The molecular formula is C13H22N2O2. The largest absolute Gasteiger partial charge is 0.378 e. The van der Waals surface area contributed by atoms with Crippen molar-refractivity contribution in [2.45, 2.75) is 26.8 Å². The first-order valence-electron chi connectivity index (χ1n) is 6.16. The van der Waals surface area contributed by atoms with E-state index in [2.05, 4.69) is 31.0 Å². The minimum atomic E-state index is -0.144. The fourth-order valence-corrected chi connectivity index (χ4v) is 1.84. The highest BCUT2D eigenvalue weighted by Crippen LogP contribution is 2.08. The smallest absolute Gasteiger partial charge is 0.240 e. The van der Waals surface area contributed by atoms with Gasteiger partial charge < -0.3 is 9.64 Å². The minimum Gasteiger partial charge on any atom is -0.378 e. The standard InChI is InChI=1S/C13H22N2O2/c1-4-5-6-14-12(11(2)3)13(16)15-7-9-17-10-8-15/h11-12,14H,6-10H2,1-3H3. The van der Waals surface area contributed by atoms with E-state index in [1.165, 1.54) is 0 Å². The van der Waals surface area contributed by atoms with Crippen LogP contribution >= 0.6 is 0 Å². The third-order valence-electron chi connectivity index (χ3n) is 2.84. The van der Waals surface area contributed by atoms with Crippen molar-refractivity contribution in [2.75, 3.05) is 32.8 Å². The van der Waals surface area contributed by atoms with Crippen LogP contribution in [0.5, 0.6) is 0 Å². The van der Waals surface area contributed by atoms with E-state index in [9.17, 15) is 4.79 Å². The summed E-state index contributed by atoms with van der Waals surface area (Å²) in [4.78, 5) is 14.2. The van der Waals surface area contributed by atoms with Crippen LogP contribution in [0.2, 0.25) is 0 Å². The van der Waals surface area contributed by atoms with E-state index in [1.54, 1.807) is 6.92 Å². The van der Waals surface area contributed by atoms with Crippen molar-refractivity contribution in [2.24, 2.45) is 5.92 Å². The molecule has 0 saturated carbocycles. The lowest BCUT2D eigenvalue weighted by Crippen LogP contribution is -2.52. The number of carbonyl (C=O) groups excluding carboxylic acids is 1. The van der Waals surface area contributed by atoms with Crippen LogP contribution < -0.4 is 5.32 Å². The zero-order valence-electron chi connectivity index (χ0n) is 11.0. The van der Waals surface area contributed by atoms with Gasteiger partial charge in [-0.1, -0.05) is 19.8 Å². The number of ether oxygens (including phenoxy) is 1. The summed E-state index contributed by atoms with van der Waals surface area (Å²) in [6.45, 7) is 9.15. The van der Waals surface area contributed by atoms with Crippen LogP contribution in [0, 0.1) is 17.8 Å². The van der Waals surface area contributed by atoms with Gasteiger partial charge in [0.25, 0.3) is 0 Å². The molecule has 0 aromatic carbocycles. The Morgan fingerprint density at radius 2 is 2.06 bits per heavy atom. The van der Waals surface area contributed by atoms with Crippen molar-refractivity contribution in [1.29, 1.82) is 0 Å².